The molecule has 0 unspecified atom stereocenters. The van der Waals surface area contributed by atoms with Crippen molar-refractivity contribution in [2.75, 3.05) is 5.32 Å². The first-order valence-electron chi connectivity index (χ1n) is 8.26. The first-order valence-corrected chi connectivity index (χ1v) is 8.64. The van der Waals surface area contributed by atoms with E-state index in [4.69, 9.17) is 11.6 Å². The lowest BCUT2D eigenvalue weighted by atomic mass is 10.1. The number of aromatic nitrogens is 2. The molecule has 0 aliphatic heterocycles. The van der Waals surface area contributed by atoms with Crippen LogP contribution in [-0.4, -0.2) is 9.97 Å². The normalized spacial score (nSPS) is 10.8. The Labute approximate surface area is 155 Å². The number of hydrogen-bond acceptors (Lipinski definition) is 3. The Morgan fingerprint density at radius 3 is 2.54 bits per heavy atom. The first-order chi connectivity index (χ1) is 12.7. The van der Waals surface area contributed by atoms with Crippen LogP contribution in [0.5, 0.6) is 0 Å². The van der Waals surface area contributed by atoms with E-state index in [9.17, 15) is 4.79 Å². The highest BCUT2D eigenvalue weighted by molar-refractivity contribution is 6.30. The van der Waals surface area contributed by atoms with Crippen LogP contribution in [0.4, 0.5) is 5.82 Å². The number of benzene rings is 2. The van der Waals surface area contributed by atoms with Gasteiger partial charge in [0.1, 0.15) is 5.82 Å². The molecule has 0 radical (unpaired) electrons. The zero-order chi connectivity index (χ0) is 17.9. The summed E-state index contributed by atoms with van der Waals surface area (Å²) in [4.78, 5) is 20.7. The molecule has 0 amide bonds. The van der Waals surface area contributed by atoms with Crippen molar-refractivity contribution < 1.29 is 0 Å². The van der Waals surface area contributed by atoms with Crippen LogP contribution >= 0.6 is 11.6 Å². The molecule has 26 heavy (non-hydrogen) atoms. The van der Waals surface area contributed by atoms with Crippen LogP contribution in [0.15, 0.2) is 77.9 Å². The number of anilines is 1. The molecule has 4 nitrogen and oxygen atoms in total. The molecule has 0 saturated carbocycles. The van der Waals surface area contributed by atoms with Gasteiger partial charge in [0, 0.05) is 29.5 Å². The minimum Gasteiger partial charge on any atom is -0.365 e. The summed E-state index contributed by atoms with van der Waals surface area (Å²) in [5, 5.41) is 4.47. The van der Waals surface area contributed by atoms with Crippen molar-refractivity contribution in [2.45, 2.75) is 6.54 Å². The Morgan fingerprint density at radius 1 is 1.00 bits per heavy atom. The van der Waals surface area contributed by atoms with E-state index in [0.717, 1.165) is 16.6 Å². The second-order valence-corrected chi connectivity index (χ2v) is 6.40. The van der Waals surface area contributed by atoms with Gasteiger partial charge in [-0.1, -0.05) is 54.1 Å². The van der Waals surface area contributed by atoms with Gasteiger partial charge in [-0.2, -0.15) is 0 Å². The van der Waals surface area contributed by atoms with E-state index in [1.54, 1.807) is 30.6 Å². The lowest BCUT2D eigenvalue weighted by Crippen LogP contribution is -2.11. The fourth-order valence-electron chi connectivity index (χ4n) is 2.92. The molecule has 0 aliphatic rings. The number of halogens is 1. The number of fused-ring (bicyclic) bond motifs is 1. The third-order valence-electron chi connectivity index (χ3n) is 4.25. The second-order valence-electron chi connectivity index (χ2n) is 5.96. The van der Waals surface area contributed by atoms with E-state index in [-0.39, 0.29) is 5.43 Å². The van der Waals surface area contributed by atoms with Crippen LogP contribution in [0.1, 0.15) is 5.56 Å². The van der Waals surface area contributed by atoms with E-state index in [1.165, 1.54) is 0 Å². The van der Waals surface area contributed by atoms with Crippen LogP contribution in [0, 0.1) is 0 Å². The Bertz CT molecular complexity index is 1110. The van der Waals surface area contributed by atoms with Crippen molar-refractivity contribution in [1.82, 2.24) is 9.97 Å². The molecular weight excluding hydrogens is 346 g/mol. The van der Waals surface area contributed by atoms with Gasteiger partial charge >= 0.3 is 0 Å². The summed E-state index contributed by atoms with van der Waals surface area (Å²) in [6, 6.07) is 19.0. The summed E-state index contributed by atoms with van der Waals surface area (Å²) in [7, 11) is 0. The summed E-state index contributed by atoms with van der Waals surface area (Å²) in [5.74, 6) is 0.573. The molecule has 0 saturated heterocycles. The van der Waals surface area contributed by atoms with Crippen LogP contribution in [0.2, 0.25) is 5.02 Å². The maximum atomic E-state index is 13.1. The van der Waals surface area contributed by atoms with Crippen molar-refractivity contribution in [3.8, 4) is 11.1 Å². The summed E-state index contributed by atoms with van der Waals surface area (Å²) in [5.41, 5.74) is 3.21. The molecule has 2 aromatic carbocycles. The van der Waals surface area contributed by atoms with Crippen LogP contribution in [-0.2, 0) is 6.54 Å². The average molecular weight is 362 g/mol. The number of rotatable bonds is 4. The zero-order valence-electron chi connectivity index (χ0n) is 13.9. The summed E-state index contributed by atoms with van der Waals surface area (Å²) in [6.45, 7) is 0.595. The van der Waals surface area contributed by atoms with Gasteiger partial charge in [-0.3, -0.25) is 4.79 Å². The number of H-pyrrole nitrogens is 1. The first kappa shape index (κ1) is 16.4. The standard InChI is InChI=1S/C21H16ClN3O/c22-16-8-6-15(7-9-16)17-13-24-18-10-11-23-21(19(18)20(17)26)25-12-14-4-2-1-3-5-14/h1-11,13H,12H2,(H,23,25)(H,24,26). The monoisotopic (exact) mass is 361 g/mol. The third kappa shape index (κ3) is 3.19. The molecule has 0 fully saturated rings. The van der Waals surface area contributed by atoms with Crippen molar-refractivity contribution in [1.29, 1.82) is 0 Å². The van der Waals surface area contributed by atoms with E-state index in [1.807, 2.05) is 42.5 Å². The van der Waals surface area contributed by atoms with Gasteiger partial charge in [0.25, 0.3) is 0 Å². The molecule has 0 spiro atoms. The van der Waals surface area contributed by atoms with Gasteiger partial charge in [-0.05, 0) is 29.3 Å². The number of nitrogens with one attached hydrogen (secondary N) is 2. The van der Waals surface area contributed by atoms with Gasteiger partial charge in [0.05, 0.1) is 10.9 Å². The lowest BCUT2D eigenvalue weighted by Gasteiger charge is -2.10. The summed E-state index contributed by atoms with van der Waals surface area (Å²) in [6.07, 6.45) is 3.42. The van der Waals surface area contributed by atoms with E-state index in [0.29, 0.717) is 28.3 Å². The molecule has 0 atom stereocenters. The molecule has 0 bridgehead atoms. The lowest BCUT2D eigenvalue weighted by molar-refractivity contribution is 1.12. The van der Waals surface area contributed by atoms with Crippen LogP contribution in [0.3, 0.4) is 0 Å². The van der Waals surface area contributed by atoms with Crippen molar-refractivity contribution in [2.24, 2.45) is 0 Å². The highest BCUT2D eigenvalue weighted by Gasteiger charge is 2.12. The molecule has 128 valence electrons. The average Bonchev–Trinajstić information content (AvgIpc) is 2.68. The summed E-state index contributed by atoms with van der Waals surface area (Å²) >= 11 is 5.95. The van der Waals surface area contributed by atoms with Gasteiger partial charge in [0.15, 0.2) is 0 Å². The van der Waals surface area contributed by atoms with Crippen LogP contribution < -0.4 is 10.7 Å². The molecular formula is C21H16ClN3O. The van der Waals surface area contributed by atoms with Gasteiger partial charge in [-0.15, -0.1) is 0 Å². The molecule has 4 rings (SSSR count). The molecule has 2 aromatic heterocycles. The predicted molar refractivity (Wildman–Crippen MR) is 107 cm³/mol. The minimum absolute atomic E-state index is 0.0651. The number of nitrogens with zero attached hydrogens (tertiary/aromatic N) is 1. The van der Waals surface area contributed by atoms with Crippen LogP contribution in [0.25, 0.3) is 22.0 Å². The zero-order valence-corrected chi connectivity index (χ0v) is 14.6. The quantitative estimate of drug-likeness (QED) is 0.546. The SMILES string of the molecule is O=c1c(-c2ccc(Cl)cc2)c[nH]c2ccnc(NCc3ccccc3)c12. The Kier molecular flexibility index (Phi) is 4.42. The largest absolute Gasteiger partial charge is 0.365 e. The van der Waals surface area contributed by atoms with E-state index in [2.05, 4.69) is 15.3 Å². The predicted octanol–water partition coefficient (Wildman–Crippen LogP) is 4.86. The highest BCUT2D eigenvalue weighted by Crippen LogP contribution is 2.23. The second kappa shape index (κ2) is 7.02. The fourth-order valence-corrected chi connectivity index (χ4v) is 3.05. The molecule has 4 aromatic rings. The van der Waals surface area contributed by atoms with Gasteiger partial charge in [0.2, 0.25) is 5.43 Å². The molecule has 2 heterocycles. The van der Waals surface area contributed by atoms with Gasteiger partial charge in [-0.25, -0.2) is 4.98 Å². The number of pyridine rings is 2. The maximum absolute atomic E-state index is 13.1. The van der Waals surface area contributed by atoms with Crippen molar-refractivity contribution in [3.63, 3.8) is 0 Å². The van der Waals surface area contributed by atoms with Gasteiger partial charge < -0.3 is 10.3 Å². The Balaban J connectivity index is 1.77. The van der Waals surface area contributed by atoms with E-state index < -0.39 is 0 Å². The highest BCUT2D eigenvalue weighted by atomic mass is 35.5. The van der Waals surface area contributed by atoms with E-state index >= 15 is 0 Å². The molecule has 2 N–H and O–H groups in total. The fraction of sp³-hybridized carbons (Fsp3) is 0.0476. The third-order valence-corrected chi connectivity index (χ3v) is 4.50. The Morgan fingerprint density at radius 2 is 1.77 bits per heavy atom. The molecule has 5 heteroatoms. The number of hydrogen-bond donors (Lipinski definition) is 2. The Hall–Kier alpha value is -3.11. The minimum atomic E-state index is -0.0651. The smallest absolute Gasteiger partial charge is 0.200 e. The number of aromatic amines is 1. The van der Waals surface area contributed by atoms with Crippen molar-refractivity contribution >= 4 is 28.3 Å². The molecule has 0 aliphatic carbocycles. The topological polar surface area (TPSA) is 57.8 Å². The van der Waals surface area contributed by atoms with Crippen molar-refractivity contribution in [3.05, 3.63) is 93.9 Å². The maximum Gasteiger partial charge on any atom is 0.200 e. The summed E-state index contributed by atoms with van der Waals surface area (Å²) < 4.78 is 0.